The van der Waals surface area contributed by atoms with Crippen LogP contribution in [0.25, 0.3) is 0 Å². The predicted octanol–water partition coefficient (Wildman–Crippen LogP) is 0.602. The molecule has 0 atom stereocenters. The molecule has 2 amide bonds. The Bertz CT molecular complexity index is 339. The van der Waals surface area contributed by atoms with Crippen molar-refractivity contribution in [3.05, 3.63) is 23.8 Å². The molecule has 1 aromatic rings. The third kappa shape index (κ3) is 2.37. The van der Waals surface area contributed by atoms with Gasteiger partial charge in [0.25, 0.3) is 0 Å². The van der Waals surface area contributed by atoms with Gasteiger partial charge in [-0.3, -0.25) is 0 Å². The molecule has 5 heteroatoms. The smallest absolute Gasteiger partial charge is 0.318 e. The van der Waals surface area contributed by atoms with Gasteiger partial charge in [0.2, 0.25) is 0 Å². The first kappa shape index (κ1) is 10.3. The second-order valence-corrected chi connectivity index (χ2v) is 2.75. The molecule has 1 rings (SSSR count). The van der Waals surface area contributed by atoms with Crippen LogP contribution in [0, 0.1) is 0 Å². The van der Waals surface area contributed by atoms with E-state index in [-0.39, 0.29) is 18.3 Å². The summed E-state index contributed by atoms with van der Waals surface area (Å²) in [7, 11) is 1.52. The van der Waals surface area contributed by atoms with E-state index < -0.39 is 0 Å². The molecule has 0 radical (unpaired) electrons. The summed E-state index contributed by atoms with van der Waals surface area (Å²) >= 11 is 0. The molecule has 0 spiro atoms. The maximum Gasteiger partial charge on any atom is 0.318 e. The largest absolute Gasteiger partial charge is 0.508 e. The summed E-state index contributed by atoms with van der Waals surface area (Å²) in [5.41, 5.74) is 6.54. The van der Waals surface area contributed by atoms with Crippen LogP contribution >= 0.6 is 0 Å². The number of nitrogens with two attached hydrogens (primary N) is 1. The van der Waals surface area contributed by atoms with Gasteiger partial charge >= 0.3 is 6.03 Å². The van der Waals surface area contributed by atoms with E-state index in [1.807, 2.05) is 0 Å². The Kier molecular flexibility index (Phi) is 3.30. The summed E-state index contributed by atoms with van der Waals surface area (Å²) in [6, 6.07) is 4.47. The zero-order valence-corrected chi connectivity index (χ0v) is 7.87. The first-order chi connectivity index (χ1) is 6.67. The quantitative estimate of drug-likeness (QED) is 0.557. The Morgan fingerprint density at radius 3 is 2.79 bits per heavy atom. The first-order valence-corrected chi connectivity index (χ1v) is 4.18. The number of phenolic OH excluding ortho intramolecular Hbond substituents is 1. The molecule has 1 aromatic carbocycles. The van der Waals surface area contributed by atoms with Crippen molar-refractivity contribution in [1.82, 2.24) is 5.32 Å². The van der Waals surface area contributed by atoms with Crippen LogP contribution in [0.2, 0.25) is 0 Å². The summed E-state index contributed by atoms with van der Waals surface area (Å²) in [6.07, 6.45) is 0. The lowest BCUT2D eigenvalue weighted by Crippen LogP contribution is -2.24. The van der Waals surface area contributed by atoms with Crippen molar-refractivity contribution in [2.45, 2.75) is 6.54 Å². The van der Waals surface area contributed by atoms with Gasteiger partial charge in [-0.15, -0.1) is 0 Å². The molecule has 0 aromatic heterocycles. The number of hydrogen-bond acceptors (Lipinski definition) is 3. The Hall–Kier alpha value is -1.75. The SMILES string of the molecule is CNC(=O)Nc1ccc(CN)c(O)c1. The topological polar surface area (TPSA) is 87.4 Å². The number of urea groups is 1. The molecule has 0 saturated heterocycles. The second-order valence-electron chi connectivity index (χ2n) is 2.75. The molecule has 0 unspecified atom stereocenters. The van der Waals surface area contributed by atoms with E-state index >= 15 is 0 Å². The van der Waals surface area contributed by atoms with Crippen LogP contribution in [0.15, 0.2) is 18.2 Å². The zero-order valence-electron chi connectivity index (χ0n) is 7.87. The number of nitrogens with one attached hydrogen (secondary N) is 2. The second kappa shape index (κ2) is 4.48. The van der Waals surface area contributed by atoms with Gasteiger partial charge in [0, 0.05) is 30.9 Å². The zero-order chi connectivity index (χ0) is 10.6. The third-order valence-corrected chi connectivity index (χ3v) is 1.79. The highest BCUT2D eigenvalue weighted by Gasteiger charge is 2.02. The standard InChI is InChI=1S/C9H13N3O2/c1-11-9(14)12-7-3-2-6(5-10)8(13)4-7/h2-4,13H,5,10H2,1H3,(H2,11,12,14). The molecule has 76 valence electrons. The van der Waals surface area contributed by atoms with Gasteiger partial charge in [0.15, 0.2) is 0 Å². The van der Waals surface area contributed by atoms with E-state index in [0.717, 1.165) is 0 Å². The van der Waals surface area contributed by atoms with Gasteiger partial charge < -0.3 is 21.5 Å². The third-order valence-electron chi connectivity index (χ3n) is 1.79. The van der Waals surface area contributed by atoms with Gasteiger partial charge in [0.05, 0.1) is 0 Å². The van der Waals surface area contributed by atoms with Gasteiger partial charge in [-0.2, -0.15) is 0 Å². The van der Waals surface area contributed by atoms with E-state index in [1.165, 1.54) is 13.1 Å². The summed E-state index contributed by atoms with van der Waals surface area (Å²) < 4.78 is 0. The lowest BCUT2D eigenvalue weighted by Gasteiger charge is -2.06. The van der Waals surface area contributed by atoms with Crippen LogP contribution in [0.4, 0.5) is 10.5 Å². The van der Waals surface area contributed by atoms with E-state index in [9.17, 15) is 9.90 Å². The Morgan fingerprint density at radius 1 is 1.57 bits per heavy atom. The van der Waals surface area contributed by atoms with Crippen molar-refractivity contribution in [2.24, 2.45) is 5.73 Å². The summed E-state index contributed by atoms with van der Waals surface area (Å²) in [5.74, 6) is 0.0846. The molecule has 5 nitrogen and oxygen atoms in total. The van der Waals surface area contributed by atoms with Crippen molar-refractivity contribution in [2.75, 3.05) is 12.4 Å². The van der Waals surface area contributed by atoms with Crippen LogP contribution in [0.5, 0.6) is 5.75 Å². The fourth-order valence-electron chi connectivity index (χ4n) is 1.01. The average molecular weight is 195 g/mol. The molecule has 0 aliphatic rings. The minimum Gasteiger partial charge on any atom is -0.508 e. The number of rotatable bonds is 2. The minimum absolute atomic E-state index is 0.0846. The van der Waals surface area contributed by atoms with Crippen molar-refractivity contribution >= 4 is 11.7 Å². The van der Waals surface area contributed by atoms with Gasteiger partial charge in [-0.25, -0.2) is 4.79 Å². The van der Waals surface area contributed by atoms with Gasteiger partial charge in [-0.1, -0.05) is 6.07 Å². The number of aromatic hydroxyl groups is 1. The summed E-state index contributed by atoms with van der Waals surface area (Å²) in [6.45, 7) is 0.270. The molecule has 0 saturated carbocycles. The summed E-state index contributed by atoms with van der Waals surface area (Å²) in [5, 5.41) is 14.4. The molecular formula is C9H13N3O2. The van der Waals surface area contributed by atoms with Crippen LogP contribution in [0.3, 0.4) is 0 Å². The first-order valence-electron chi connectivity index (χ1n) is 4.18. The van der Waals surface area contributed by atoms with Crippen molar-refractivity contribution in [3.63, 3.8) is 0 Å². The number of benzene rings is 1. The number of carbonyl (C=O) groups excluding carboxylic acids is 1. The number of amides is 2. The Balaban J connectivity index is 2.81. The molecule has 0 fully saturated rings. The highest BCUT2D eigenvalue weighted by atomic mass is 16.3. The van der Waals surface area contributed by atoms with E-state index in [4.69, 9.17) is 5.73 Å². The molecule has 0 aliphatic carbocycles. The molecule has 0 bridgehead atoms. The summed E-state index contributed by atoms with van der Waals surface area (Å²) in [4.78, 5) is 10.9. The maximum absolute atomic E-state index is 10.9. The average Bonchev–Trinajstić information content (AvgIpc) is 2.18. The van der Waals surface area contributed by atoms with E-state index in [0.29, 0.717) is 11.3 Å². The Morgan fingerprint density at radius 2 is 2.29 bits per heavy atom. The number of anilines is 1. The molecule has 14 heavy (non-hydrogen) atoms. The number of carbonyl (C=O) groups is 1. The monoisotopic (exact) mass is 195 g/mol. The van der Waals surface area contributed by atoms with E-state index in [1.54, 1.807) is 12.1 Å². The lowest BCUT2D eigenvalue weighted by atomic mass is 10.2. The molecule has 0 heterocycles. The van der Waals surface area contributed by atoms with Crippen LogP contribution in [0.1, 0.15) is 5.56 Å². The lowest BCUT2D eigenvalue weighted by molar-refractivity contribution is 0.254. The van der Waals surface area contributed by atoms with E-state index in [2.05, 4.69) is 10.6 Å². The van der Waals surface area contributed by atoms with Crippen LogP contribution in [-0.2, 0) is 6.54 Å². The fraction of sp³-hybridized carbons (Fsp3) is 0.222. The predicted molar refractivity (Wildman–Crippen MR) is 54.1 cm³/mol. The Labute approximate surface area is 81.9 Å². The molecular weight excluding hydrogens is 182 g/mol. The minimum atomic E-state index is -0.329. The normalized spacial score (nSPS) is 9.57. The van der Waals surface area contributed by atoms with Crippen molar-refractivity contribution < 1.29 is 9.90 Å². The highest BCUT2D eigenvalue weighted by molar-refractivity contribution is 5.89. The van der Waals surface area contributed by atoms with Gasteiger partial charge in [-0.05, 0) is 6.07 Å². The number of hydrogen-bond donors (Lipinski definition) is 4. The maximum atomic E-state index is 10.9. The molecule has 0 aliphatic heterocycles. The highest BCUT2D eigenvalue weighted by Crippen LogP contribution is 2.21. The molecule has 5 N–H and O–H groups in total. The van der Waals surface area contributed by atoms with Crippen molar-refractivity contribution in [1.29, 1.82) is 0 Å². The van der Waals surface area contributed by atoms with Crippen LogP contribution < -0.4 is 16.4 Å². The van der Waals surface area contributed by atoms with Gasteiger partial charge in [0.1, 0.15) is 5.75 Å². The fourth-order valence-corrected chi connectivity index (χ4v) is 1.01. The van der Waals surface area contributed by atoms with Crippen LogP contribution in [-0.4, -0.2) is 18.2 Å². The number of phenols is 1. The van der Waals surface area contributed by atoms with Crippen molar-refractivity contribution in [3.8, 4) is 5.75 Å².